The van der Waals surface area contributed by atoms with Gasteiger partial charge in [-0.3, -0.25) is 0 Å². The van der Waals surface area contributed by atoms with E-state index in [1.165, 1.54) is 16.7 Å². The molecule has 1 aliphatic rings. The van der Waals surface area contributed by atoms with Gasteiger partial charge in [0.2, 0.25) is 0 Å². The lowest BCUT2D eigenvalue weighted by Crippen LogP contribution is -2.17. The molecule has 0 saturated heterocycles. The van der Waals surface area contributed by atoms with Gasteiger partial charge in [0.05, 0.1) is 0 Å². The molecule has 0 spiro atoms. The van der Waals surface area contributed by atoms with Crippen LogP contribution in [0.3, 0.4) is 0 Å². The van der Waals surface area contributed by atoms with Gasteiger partial charge in [-0.1, -0.05) is 35.9 Å². The van der Waals surface area contributed by atoms with Gasteiger partial charge in [-0.15, -0.1) is 0 Å². The molecule has 0 saturated carbocycles. The van der Waals surface area contributed by atoms with Crippen LogP contribution in [0.4, 0.5) is 0 Å². The molecule has 1 unspecified atom stereocenters. The lowest BCUT2D eigenvalue weighted by Gasteiger charge is -2.20. The molecule has 1 nitrogen and oxygen atoms in total. The van der Waals surface area contributed by atoms with Crippen LogP contribution >= 0.6 is 11.6 Å². The highest BCUT2D eigenvalue weighted by Gasteiger charge is 2.17. The Morgan fingerprint density at radius 2 is 2.07 bits per heavy atom. The average molecular weight is 222 g/mol. The summed E-state index contributed by atoms with van der Waals surface area (Å²) in [6, 6.07) is 8.55. The second-order valence-corrected chi connectivity index (χ2v) is 4.63. The minimum Gasteiger partial charge on any atom is -0.328 e. The molecular weight excluding hydrogens is 206 g/mol. The molecule has 0 amide bonds. The number of rotatable bonds is 2. The Bertz CT molecular complexity index is 393. The third kappa shape index (κ3) is 2.24. The van der Waals surface area contributed by atoms with Crippen molar-refractivity contribution in [3.8, 4) is 0 Å². The summed E-state index contributed by atoms with van der Waals surface area (Å²) < 4.78 is 0. The first-order valence-corrected chi connectivity index (χ1v) is 5.77. The third-order valence-electron chi connectivity index (χ3n) is 2.83. The molecule has 1 aromatic carbocycles. The lowest BCUT2D eigenvalue weighted by molar-refractivity contribution is 0.701. The molecule has 1 aliphatic carbocycles. The van der Waals surface area contributed by atoms with E-state index in [-0.39, 0.29) is 6.04 Å². The second-order valence-electron chi connectivity index (χ2n) is 4.26. The molecule has 0 heterocycles. The Labute approximate surface area is 95.9 Å². The molecule has 0 aromatic heterocycles. The van der Waals surface area contributed by atoms with E-state index in [0.717, 1.165) is 24.3 Å². The van der Waals surface area contributed by atoms with Crippen LogP contribution in [0.25, 0.3) is 5.03 Å². The highest BCUT2D eigenvalue weighted by molar-refractivity contribution is 6.49. The first kappa shape index (κ1) is 10.7. The Hall–Kier alpha value is -0.790. The van der Waals surface area contributed by atoms with E-state index in [4.69, 9.17) is 17.3 Å². The minimum atomic E-state index is 0.194. The molecule has 2 heteroatoms. The average Bonchev–Trinajstić information content (AvgIpc) is 2.22. The predicted octanol–water partition coefficient (Wildman–Crippen LogP) is 3.32. The van der Waals surface area contributed by atoms with E-state index in [0.29, 0.717) is 0 Å². The van der Waals surface area contributed by atoms with Crippen molar-refractivity contribution in [2.24, 2.45) is 5.73 Å². The van der Waals surface area contributed by atoms with Gasteiger partial charge in [0.1, 0.15) is 0 Å². The molecule has 2 N–H and O–H groups in total. The highest BCUT2D eigenvalue weighted by Crippen LogP contribution is 2.35. The zero-order valence-electron chi connectivity index (χ0n) is 8.96. The molecule has 2 rings (SSSR count). The second kappa shape index (κ2) is 4.38. The van der Waals surface area contributed by atoms with Crippen LogP contribution in [0.2, 0.25) is 0 Å². The number of hydrogen-bond acceptors (Lipinski definition) is 1. The molecule has 1 aromatic rings. The number of halogens is 1. The first-order valence-electron chi connectivity index (χ1n) is 5.40. The molecule has 0 bridgehead atoms. The van der Waals surface area contributed by atoms with E-state index < -0.39 is 0 Å². The van der Waals surface area contributed by atoms with Gasteiger partial charge in [0.15, 0.2) is 0 Å². The van der Waals surface area contributed by atoms with Crippen LogP contribution in [0.1, 0.15) is 30.9 Å². The number of hydrogen-bond donors (Lipinski definition) is 1. The van der Waals surface area contributed by atoms with Gasteiger partial charge < -0.3 is 5.73 Å². The lowest BCUT2D eigenvalue weighted by atomic mass is 9.89. The number of nitrogens with two attached hydrogens (primary N) is 1. The van der Waals surface area contributed by atoms with E-state index in [1.54, 1.807) is 0 Å². The summed E-state index contributed by atoms with van der Waals surface area (Å²) in [5.74, 6) is 0. The molecule has 0 radical (unpaired) electrons. The SMILES string of the molecule is CC(N)CC1=C(Cl)c2ccccc2CC1. The Morgan fingerprint density at radius 1 is 1.33 bits per heavy atom. The summed E-state index contributed by atoms with van der Waals surface area (Å²) in [7, 11) is 0. The molecule has 1 atom stereocenters. The van der Waals surface area contributed by atoms with Crippen molar-refractivity contribution < 1.29 is 0 Å². The zero-order valence-corrected chi connectivity index (χ0v) is 9.72. The van der Waals surface area contributed by atoms with Crippen molar-refractivity contribution in [2.45, 2.75) is 32.2 Å². The van der Waals surface area contributed by atoms with Crippen molar-refractivity contribution >= 4 is 16.6 Å². The largest absolute Gasteiger partial charge is 0.328 e. The zero-order chi connectivity index (χ0) is 10.8. The summed E-state index contributed by atoms with van der Waals surface area (Å²) in [6.07, 6.45) is 3.05. The third-order valence-corrected chi connectivity index (χ3v) is 3.30. The van der Waals surface area contributed by atoms with Gasteiger partial charge in [0.25, 0.3) is 0 Å². The summed E-state index contributed by atoms with van der Waals surface area (Å²) in [5, 5.41) is 0.925. The van der Waals surface area contributed by atoms with Crippen molar-refractivity contribution in [3.05, 3.63) is 41.0 Å². The van der Waals surface area contributed by atoms with Crippen LogP contribution in [0, 0.1) is 0 Å². The van der Waals surface area contributed by atoms with Crippen molar-refractivity contribution in [1.82, 2.24) is 0 Å². The highest BCUT2D eigenvalue weighted by atomic mass is 35.5. The quantitative estimate of drug-likeness (QED) is 0.815. The molecule has 15 heavy (non-hydrogen) atoms. The number of aryl methyl sites for hydroxylation is 1. The van der Waals surface area contributed by atoms with Crippen LogP contribution in [0.5, 0.6) is 0 Å². The summed E-state index contributed by atoms with van der Waals surface area (Å²) in [5.41, 5.74) is 9.68. The normalized spacial score (nSPS) is 17.5. The van der Waals surface area contributed by atoms with Gasteiger partial charge in [-0.25, -0.2) is 0 Å². The fourth-order valence-electron chi connectivity index (χ4n) is 2.12. The van der Waals surface area contributed by atoms with Gasteiger partial charge >= 0.3 is 0 Å². The van der Waals surface area contributed by atoms with Gasteiger partial charge in [-0.2, -0.15) is 0 Å². The Balaban J connectivity index is 2.36. The Morgan fingerprint density at radius 3 is 2.80 bits per heavy atom. The standard InChI is InChI=1S/C13H16ClN/c1-9(15)8-11-7-6-10-4-2-3-5-12(10)13(11)14/h2-5,9H,6-8,15H2,1H3. The van der Waals surface area contributed by atoms with Gasteiger partial charge in [0, 0.05) is 11.1 Å². The van der Waals surface area contributed by atoms with Crippen LogP contribution in [-0.4, -0.2) is 6.04 Å². The number of benzene rings is 1. The Kier molecular flexibility index (Phi) is 3.13. The van der Waals surface area contributed by atoms with Crippen LogP contribution in [0.15, 0.2) is 29.8 Å². The van der Waals surface area contributed by atoms with Gasteiger partial charge in [-0.05, 0) is 42.9 Å². The predicted molar refractivity (Wildman–Crippen MR) is 65.8 cm³/mol. The monoisotopic (exact) mass is 221 g/mol. The maximum atomic E-state index is 6.38. The maximum absolute atomic E-state index is 6.38. The number of fused-ring (bicyclic) bond motifs is 1. The first-order chi connectivity index (χ1) is 7.18. The topological polar surface area (TPSA) is 26.0 Å². The van der Waals surface area contributed by atoms with Crippen LogP contribution in [-0.2, 0) is 6.42 Å². The fourth-order valence-corrected chi connectivity index (χ4v) is 2.47. The van der Waals surface area contributed by atoms with E-state index in [2.05, 4.69) is 18.2 Å². The summed E-state index contributed by atoms with van der Waals surface area (Å²) in [6.45, 7) is 2.03. The minimum absolute atomic E-state index is 0.194. The summed E-state index contributed by atoms with van der Waals surface area (Å²) >= 11 is 6.38. The molecule has 80 valence electrons. The molecule has 0 aliphatic heterocycles. The molecule has 0 fully saturated rings. The van der Waals surface area contributed by atoms with Crippen molar-refractivity contribution in [3.63, 3.8) is 0 Å². The fraction of sp³-hybridized carbons (Fsp3) is 0.385. The van der Waals surface area contributed by atoms with Crippen LogP contribution < -0.4 is 5.73 Å². The van der Waals surface area contributed by atoms with E-state index in [1.807, 2.05) is 13.0 Å². The molecular formula is C13H16ClN. The van der Waals surface area contributed by atoms with Crippen molar-refractivity contribution in [2.75, 3.05) is 0 Å². The van der Waals surface area contributed by atoms with E-state index >= 15 is 0 Å². The van der Waals surface area contributed by atoms with Crippen molar-refractivity contribution in [1.29, 1.82) is 0 Å². The summed E-state index contributed by atoms with van der Waals surface area (Å²) in [4.78, 5) is 0. The van der Waals surface area contributed by atoms with E-state index in [9.17, 15) is 0 Å². The maximum Gasteiger partial charge on any atom is 0.0473 e. The smallest absolute Gasteiger partial charge is 0.0473 e.